The van der Waals surface area contributed by atoms with Crippen molar-refractivity contribution in [3.63, 3.8) is 0 Å². The first kappa shape index (κ1) is 10.2. The van der Waals surface area contributed by atoms with Gasteiger partial charge in [0.15, 0.2) is 0 Å². The molecule has 2 aliphatic rings. The molecule has 0 aromatic rings. The van der Waals surface area contributed by atoms with E-state index in [0.717, 1.165) is 30.7 Å². The Morgan fingerprint density at radius 1 is 1.43 bits per heavy atom. The Labute approximate surface area is 86.4 Å². The molecule has 0 aromatic carbocycles. The first-order chi connectivity index (χ1) is 6.83. The van der Waals surface area contributed by atoms with Crippen LogP contribution in [0.1, 0.15) is 26.2 Å². The molecule has 0 saturated heterocycles. The lowest BCUT2D eigenvalue weighted by molar-refractivity contribution is 0.230. The van der Waals surface area contributed by atoms with E-state index in [9.17, 15) is 0 Å². The number of allylic oxidation sites excluding steroid dienone is 2. The molecule has 2 nitrogen and oxygen atoms in total. The summed E-state index contributed by atoms with van der Waals surface area (Å²) >= 11 is 0. The second-order valence-electron chi connectivity index (χ2n) is 4.74. The predicted molar refractivity (Wildman–Crippen MR) is 58.0 cm³/mol. The lowest BCUT2D eigenvalue weighted by Gasteiger charge is -2.22. The molecular formula is C12H21NO. The van der Waals surface area contributed by atoms with Gasteiger partial charge in [-0.15, -0.1) is 0 Å². The summed E-state index contributed by atoms with van der Waals surface area (Å²) in [5.74, 6) is 2.51. The largest absolute Gasteiger partial charge is 0.395 e. The Morgan fingerprint density at radius 3 is 2.79 bits per heavy atom. The van der Waals surface area contributed by atoms with Crippen molar-refractivity contribution in [2.24, 2.45) is 17.8 Å². The first-order valence-corrected chi connectivity index (χ1v) is 5.86. The van der Waals surface area contributed by atoms with Gasteiger partial charge in [0.25, 0.3) is 0 Å². The molecule has 0 heterocycles. The number of aliphatic hydroxyl groups is 1. The van der Waals surface area contributed by atoms with E-state index in [4.69, 9.17) is 5.11 Å². The van der Waals surface area contributed by atoms with E-state index in [0.29, 0.717) is 6.04 Å². The molecule has 2 heteroatoms. The summed E-state index contributed by atoms with van der Waals surface area (Å²) < 4.78 is 0. The predicted octanol–water partition coefficient (Wildman–Crippen LogP) is 1.56. The molecular weight excluding hydrogens is 174 g/mol. The number of hydrogen-bond donors (Lipinski definition) is 2. The van der Waals surface area contributed by atoms with Gasteiger partial charge in [-0.2, -0.15) is 0 Å². The van der Waals surface area contributed by atoms with Gasteiger partial charge in [0, 0.05) is 6.04 Å². The van der Waals surface area contributed by atoms with Crippen molar-refractivity contribution in [3.8, 4) is 0 Å². The number of hydrogen-bond acceptors (Lipinski definition) is 2. The van der Waals surface area contributed by atoms with Crippen molar-refractivity contribution in [3.05, 3.63) is 12.2 Å². The average Bonchev–Trinajstić information content (AvgIpc) is 2.80. The SMILES string of the molecule is CC[C@H](CO)NC[C@H]1C[C@H]2C=C[C@H]1C2. The fourth-order valence-corrected chi connectivity index (χ4v) is 2.79. The van der Waals surface area contributed by atoms with Gasteiger partial charge in [-0.1, -0.05) is 19.1 Å². The van der Waals surface area contributed by atoms with Crippen LogP contribution in [0.2, 0.25) is 0 Å². The molecule has 0 unspecified atom stereocenters. The lowest BCUT2D eigenvalue weighted by atomic mass is 9.93. The number of rotatable bonds is 5. The Kier molecular flexibility index (Phi) is 3.24. The first-order valence-electron chi connectivity index (χ1n) is 5.86. The molecule has 14 heavy (non-hydrogen) atoms. The molecule has 2 N–H and O–H groups in total. The Hall–Kier alpha value is -0.340. The van der Waals surface area contributed by atoms with Crippen molar-refractivity contribution >= 4 is 0 Å². The highest BCUT2D eigenvalue weighted by molar-refractivity contribution is 5.10. The highest BCUT2D eigenvalue weighted by Gasteiger charge is 2.35. The molecule has 2 aliphatic carbocycles. The molecule has 0 radical (unpaired) electrons. The van der Waals surface area contributed by atoms with Gasteiger partial charge in [0.05, 0.1) is 6.61 Å². The van der Waals surface area contributed by atoms with E-state index in [1.165, 1.54) is 12.8 Å². The molecule has 0 amide bonds. The summed E-state index contributed by atoms with van der Waals surface area (Å²) in [4.78, 5) is 0. The van der Waals surface area contributed by atoms with Gasteiger partial charge in [-0.05, 0) is 43.6 Å². The van der Waals surface area contributed by atoms with Crippen molar-refractivity contribution in [1.29, 1.82) is 0 Å². The van der Waals surface area contributed by atoms with Crippen LogP contribution >= 0.6 is 0 Å². The summed E-state index contributed by atoms with van der Waals surface area (Å²) in [6, 6.07) is 0.304. The van der Waals surface area contributed by atoms with Crippen LogP contribution < -0.4 is 5.32 Å². The monoisotopic (exact) mass is 195 g/mol. The van der Waals surface area contributed by atoms with E-state index < -0.39 is 0 Å². The number of aliphatic hydroxyl groups excluding tert-OH is 1. The maximum Gasteiger partial charge on any atom is 0.0584 e. The van der Waals surface area contributed by atoms with Gasteiger partial charge < -0.3 is 10.4 Å². The number of nitrogens with one attached hydrogen (secondary N) is 1. The van der Waals surface area contributed by atoms with Crippen LogP contribution in [-0.2, 0) is 0 Å². The van der Waals surface area contributed by atoms with Crippen molar-refractivity contribution in [1.82, 2.24) is 5.32 Å². The quantitative estimate of drug-likeness (QED) is 0.652. The maximum absolute atomic E-state index is 9.06. The van der Waals surface area contributed by atoms with Crippen molar-refractivity contribution < 1.29 is 5.11 Å². The average molecular weight is 195 g/mol. The van der Waals surface area contributed by atoms with E-state index in [-0.39, 0.29) is 6.61 Å². The standard InChI is InChI=1S/C12H21NO/c1-2-12(8-14)13-7-11-6-9-3-4-10(11)5-9/h3-4,9-14H,2,5-8H2,1H3/t9-,10-,11+,12+/m0/s1. The van der Waals surface area contributed by atoms with E-state index in [1.807, 2.05) is 0 Å². The van der Waals surface area contributed by atoms with Gasteiger partial charge in [0.2, 0.25) is 0 Å². The van der Waals surface area contributed by atoms with Gasteiger partial charge in [0.1, 0.15) is 0 Å². The maximum atomic E-state index is 9.06. The second-order valence-corrected chi connectivity index (χ2v) is 4.74. The van der Waals surface area contributed by atoms with Crippen LogP contribution in [0.5, 0.6) is 0 Å². The molecule has 80 valence electrons. The third kappa shape index (κ3) is 2.01. The van der Waals surface area contributed by atoms with Crippen LogP contribution in [0.3, 0.4) is 0 Å². The fraction of sp³-hybridized carbons (Fsp3) is 0.833. The minimum absolute atomic E-state index is 0.271. The zero-order valence-electron chi connectivity index (χ0n) is 8.95. The molecule has 4 atom stereocenters. The summed E-state index contributed by atoms with van der Waals surface area (Å²) in [7, 11) is 0. The molecule has 2 rings (SSSR count). The Morgan fingerprint density at radius 2 is 2.29 bits per heavy atom. The summed E-state index contributed by atoms with van der Waals surface area (Å²) in [6.07, 6.45) is 8.52. The molecule has 1 saturated carbocycles. The Balaban J connectivity index is 1.74. The third-order valence-electron chi connectivity index (χ3n) is 3.80. The van der Waals surface area contributed by atoms with Crippen LogP contribution in [0.15, 0.2) is 12.2 Å². The van der Waals surface area contributed by atoms with Gasteiger partial charge in [-0.3, -0.25) is 0 Å². The van der Waals surface area contributed by atoms with Crippen molar-refractivity contribution in [2.75, 3.05) is 13.2 Å². The van der Waals surface area contributed by atoms with Gasteiger partial charge in [-0.25, -0.2) is 0 Å². The minimum atomic E-state index is 0.271. The van der Waals surface area contributed by atoms with Crippen LogP contribution in [0.4, 0.5) is 0 Å². The number of fused-ring (bicyclic) bond motifs is 2. The summed E-state index contributed by atoms with van der Waals surface area (Å²) in [5, 5.41) is 12.5. The Bertz CT molecular complexity index is 210. The molecule has 0 spiro atoms. The highest BCUT2D eigenvalue weighted by Crippen LogP contribution is 2.42. The highest BCUT2D eigenvalue weighted by atomic mass is 16.3. The zero-order valence-corrected chi connectivity index (χ0v) is 8.95. The molecule has 1 fully saturated rings. The molecule has 0 aliphatic heterocycles. The zero-order chi connectivity index (χ0) is 9.97. The lowest BCUT2D eigenvalue weighted by Crippen LogP contribution is -2.36. The minimum Gasteiger partial charge on any atom is -0.395 e. The summed E-state index contributed by atoms with van der Waals surface area (Å²) in [5.41, 5.74) is 0. The fourth-order valence-electron chi connectivity index (χ4n) is 2.79. The van der Waals surface area contributed by atoms with E-state index in [2.05, 4.69) is 24.4 Å². The van der Waals surface area contributed by atoms with Crippen LogP contribution in [-0.4, -0.2) is 24.3 Å². The van der Waals surface area contributed by atoms with Crippen LogP contribution in [0.25, 0.3) is 0 Å². The summed E-state index contributed by atoms with van der Waals surface area (Å²) in [6.45, 7) is 3.48. The van der Waals surface area contributed by atoms with Crippen LogP contribution in [0, 0.1) is 17.8 Å². The topological polar surface area (TPSA) is 32.3 Å². The van der Waals surface area contributed by atoms with Gasteiger partial charge >= 0.3 is 0 Å². The van der Waals surface area contributed by atoms with E-state index in [1.54, 1.807) is 0 Å². The normalized spacial score (nSPS) is 36.6. The smallest absolute Gasteiger partial charge is 0.0584 e. The second kappa shape index (κ2) is 4.45. The third-order valence-corrected chi connectivity index (χ3v) is 3.80. The molecule has 2 bridgehead atoms. The van der Waals surface area contributed by atoms with Crippen molar-refractivity contribution in [2.45, 2.75) is 32.2 Å². The van der Waals surface area contributed by atoms with E-state index >= 15 is 0 Å². The molecule has 0 aromatic heterocycles.